The fraction of sp³-hybridized carbons (Fsp3) is 0.583. The third-order valence-corrected chi connectivity index (χ3v) is 9.42. The van der Waals surface area contributed by atoms with E-state index in [1.54, 1.807) is 29.1 Å². The summed E-state index contributed by atoms with van der Waals surface area (Å²) in [7, 11) is 0. The van der Waals surface area contributed by atoms with Gasteiger partial charge in [0.2, 0.25) is 5.88 Å². The van der Waals surface area contributed by atoms with Gasteiger partial charge in [0.15, 0.2) is 5.82 Å². The third kappa shape index (κ3) is 12.1. The van der Waals surface area contributed by atoms with Crippen LogP contribution in [0.5, 0.6) is 5.88 Å². The number of halogens is 1. The minimum absolute atomic E-state index is 0.0382. The maximum absolute atomic E-state index is 12.9. The number of rotatable bonds is 14. The Balaban J connectivity index is 1.46. The van der Waals surface area contributed by atoms with Gasteiger partial charge in [-0.1, -0.05) is 52.5 Å². The van der Waals surface area contributed by atoms with Crippen LogP contribution in [0.4, 0.5) is 4.79 Å². The molecule has 1 aliphatic rings. The van der Waals surface area contributed by atoms with Crippen molar-refractivity contribution in [1.29, 1.82) is 0 Å². The highest BCUT2D eigenvalue weighted by Gasteiger charge is 2.42. The number of pyridine rings is 1. The molecule has 3 heterocycles. The highest BCUT2D eigenvalue weighted by molar-refractivity contribution is 8.13. The number of ether oxygens (including phenoxy) is 2. The zero-order valence-electron chi connectivity index (χ0n) is 30.5. The van der Waals surface area contributed by atoms with E-state index in [0.29, 0.717) is 65.9 Å². The lowest BCUT2D eigenvalue weighted by Gasteiger charge is -2.33. The molecule has 2 aromatic rings. The molecule has 0 spiro atoms. The van der Waals surface area contributed by atoms with Crippen molar-refractivity contribution in [2.24, 2.45) is 28.7 Å². The van der Waals surface area contributed by atoms with Crippen molar-refractivity contribution in [3.05, 3.63) is 60.2 Å². The molecule has 13 heteroatoms. The van der Waals surface area contributed by atoms with E-state index in [2.05, 4.69) is 79.8 Å². The molecular weight excluding hydrogens is 662 g/mol. The van der Waals surface area contributed by atoms with Gasteiger partial charge in [-0.25, -0.2) is 19.5 Å². The zero-order valence-corrected chi connectivity index (χ0v) is 32.1. The molecule has 1 unspecified atom stereocenters. The first-order valence-electron chi connectivity index (χ1n) is 16.9. The first-order chi connectivity index (χ1) is 22.9. The van der Waals surface area contributed by atoms with Crippen LogP contribution in [0.3, 0.4) is 0 Å². The summed E-state index contributed by atoms with van der Waals surface area (Å²) in [5.74, 6) is 2.77. The molecule has 0 radical (unpaired) electrons. The van der Waals surface area contributed by atoms with E-state index in [9.17, 15) is 9.59 Å². The molecule has 0 aromatic carbocycles. The first-order valence-corrected chi connectivity index (χ1v) is 18.1. The van der Waals surface area contributed by atoms with Crippen LogP contribution in [0.1, 0.15) is 91.9 Å². The molecule has 270 valence electrons. The highest BCUT2D eigenvalue weighted by Crippen LogP contribution is 2.36. The Hall–Kier alpha value is -3.51. The Morgan fingerprint density at radius 3 is 2.51 bits per heavy atom. The molecule has 2 amide bonds. The predicted molar refractivity (Wildman–Crippen MR) is 199 cm³/mol. The van der Waals surface area contributed by atoms with Gasteiger partial charge in [0.25, 0.3) is 5.91 Å². The Kier molecular flexibility index (Phi) is 14.2. The molecule has 2 N–H and O–H groups in total. The molecule has 49 heavy (non-hydrogen) atoms. The number of nitrogens with zero attached hydrogens (tertiary/aromatic N) is 5. The molecule has 11 nitrogen and oxygen atoms in total. The average Bonchev–Trinajstić information content (AvgIpc) is 3.59. The molecule has 1 fully saturated rings. The summed E-state index contributed by atoms with van der Waals surface area (Å²) in [6.45, 7) is 28.3. The van der Waals surface area contributed by atoms with Gasteiger partial charge in [-0.15, -0.1) is 5.10 Å². The molecule has 0 aliphatic carbocycles. The summed E-state index contributed by atoms with van der Waals surface area (Å²) in [5.41, 5.74) is -0.565. The van der Waals surface area contributed by atoms with Crippen molar-refractivity contribution < 1.29 is 19.1 Å². The molecule has 0 saturated carbocycles. The Morgan fingerprint density at radius 1 is 1.20 bits per heavy atom. The van der Waals surface area contributed by atoms with Gasteiger partial charge in [0.05, 0.1) is 12.2 Å². The third-order valence-electron chi connectivity index (χ3n) is 8.37. The molecule has 1 saturated heterocycles. The summed E-state index contributed by atoms with van der Waals surface area (Å²) >= 11 is 7.42. The number of aromatic nitrogens is 3. The summed E-state index contributed by atoms with van der Waals surface area (Å²) in [5, 5.41) is 8.18. The minimum Gasteiger partial charge on any atom is -0.476 e. The minimum atomic E-state index is -0.523. The van der Waals surface area contributed by atoms with Crippen LogP contribution in [-0.4, -0.2) is 67.5 Å². The number of amides is 2. The van der Waals surface area contributed by atoms with Crippen molar-refractivity contribution in [1.82, 2.24) is 29.7 Å². The number of likely N-dealkylation sites (tertiary alicyclic amines) is 1. The smallest absolute Gasteiger partial charge is 0.410 e. The van der Waals surface area contributed by atoms with Gasteiger partial charge in [-0.05, 0) is 95.8 Å². The maximum atomic E-state index is 12.9. The van der Waals surface area contributed by atoms with Gasteiger partial charge in [0, 0.05) is 42.8 Å². The number of carbonyl (C=O) groups is 2. The quantitative estimate of drug-likeness (QED) is 0.0662. The lowest BCUT2D eigenvalue weighted by Crippen LogP contribution is -2.45. The number of hydrogen-bond donors (Lipinski definition) is 2. The van der Waals surface area contributed by atoms with E-state index in [-0.39, 0.29) is 22.3 Å². The van der Waals surface area contributed by atoms with Gasteiger partial charge >= 0.3 is 6.09 Å². The summed E-state index contributed by atoms with van der Waals surface area (Å²) in [6, 6.07) is 5.05. The van der Waals surface area contributed by atoms with Gasteiger partial charge in [0.1, 0.15) is 21.6 Å². The van der Waals surface area contributed by atoms with Crippen LogP contribution >= 0.6 is 23.5 Å². The van der Waals surface area contributed by atoms with Crippen LogP contribution in [0.15, 0.2) is 54.4 Å². The van der Waals surface area contributed by atoms with E-state index in [1.807, 2.05) is 25.7 Å². The van der Waals surface area contributed by atoms with Crippen LogP contribution in [0.25, 0.3) is 5.82 Å². The first kappa shape index (κ1) is 39.9. The topological polar surface area (TPSA) is 123 Å². The normalized spacial score (nSPS) is 16.3. The fourth-order valence-corrected chi connectivity index (χ4v) is 6.63. The molecule has 0 bridgehead atoms. The fourth-order valence-electron chi connectivity index (χ4n) is 5.85. The van der Waals surface area contributed by atoms with Crippen LogP contribution in [0, 0.1) is 23.7 Å². The summed E-state index contributed by atoms with van der Waals surface area (Å²) < 4.78 is 15.9. The number of nitrogens with one attached hydrogen (secondary N) is 2. The lowest BCUT2D eigenvalue weighted by atomic mass is 9.86. The van der Waals surface area contributed by atoms with Crippen molar-refractivity contribution in [2.75, 3.05) is 19.7 Å². The van der Waals surface area contributed by atoms with Gasteiger partial charge in [-0.3, -0.25) is 9.52 Å². The number of aliphatic imine (C=N–C) groups is 1. The summed E-state index contributed by atoms with van der Waals surface area (Å²) in [4.78, 5) is 36.3. The van der Waals surface area contributed by atoms with E-state index in [0.717, 1.165) is 31.2 Å². The second-order valence-electron chi connectivity index (χ2n) is 14.7. The van der Waals surface area contributed by atoms with Crippen molar-refractivity contribution in [3.8, 4) is 11.7 Å². The van der Waals surface area contributed by atoms with Gasteiger partial charge in [-0.2, -0.15) is 0 Å². The average molecular weight is 716 g/mol. The summed E-state index contributed by atoms with van der Waals surface area (Å²) in [6.07, 6.45) is 5.77. The molecular formula is C36H54ClN7O4S. The molecule has 3 rings (SSSR count). The van der Waals surface area contributed by atoms with E-state index < -0.39 is 11.5 Å². The second kappa shape index (κ2) is 17.4. The predicted octanol–water partition coefficient (Wildman–Crippen LogP) is 8.07. The number of carbonyl (C=O) groups excluding carboxylic acids is 2. The highest BCUT2D eigenvalue weighted by atomic mass is 35.5. The van der Waals surface area contributed by atoms with Crippen molar-refractivity contribution in [2.45, 2.75) is 92.7 Å². The monoisotopic (exact) mass is 715 g/mol. The standard InChI is InChI=1S/C36H54ClN7O4S/c1-12-31(39-25(6)38-18-13-14-26-20-36(10,11)43(21-26)34(46)48-35(7,8)9)49-42-33(45)27-15-16-29(40-32(27)37)44-19-17-30(41-44)47-22-28(23(2)3)24(4)5/h12,15-17,19,23-24,26,28,38H,1,6,13-14,18,20-22H2,2-5,7-11H3,(H,42,45)/b39-31+. The molecule has 2 aromatic heterocycles. The Bertz CT molecular complexity index is 1490. The second-order valence-corrected chi connectivity index (χ2v) is 15.9. The Labute approximate surface area is 301 Å². The maximum Gasteiger partial charge on any atom is 0.410 e. The van der Waals surface area contributed by atoms with Crippen LogP contribution in [-0.2, 0) is 4.74 Å². The molecule has 1 aliphatic heterocycles. The zero-order chi connectivity index (χ0) is 36.5. The Morgan fingerprint density at radius 2 is 1.90 bits per heavy atom. The van der Waals surface area contributed by atoms with Crippen LogP contribution in [0.2, 0.25) is 5.15 Å². The van der Waals surface area contributed by atoms with Crippen molar-refractivity contribution in [3.63, 3.8) is 0 Å². The SMILES string of the molecule is C=C/C(=N\C(=C)NCCCC1CN(C(=O)OC(C)(C)C)C(C)(C)C1)SNC(=O)c1ccc(-n2ccc(OCC(C(C)C)C(C)C)n2)nc1Cl. The largest absolute Gasteiger partial charge is 0.476 e. The van der Waals surface area contributed by atoms with Gasteiger partial charge < -0.3 is 19.7 Å². The molecule has 1 atom stereocenters. The van der Waals surface area contributed by atoms with E-state index in [4.69, 9.17) is 21.1 Å². The van der Waals surface area contributed by atoms with Crippen LogP contribution < -0.4 is 14.8 Å². The van der Waals surface area contributed by atoms with E-state index >= 15 is 0 Å². The lowest BCUT2D eigenvalue weighted by molar-refractivity contribution is 0.0130. The number of hydrogen-bond acceptors (Lipinski definition) is 9. The van der Waals surface area contributed by atoms with E-state index in [1.165, 1.54) is 6.08 Å². The van der Waals surface area contributed by atoms with Crippen molar-refractivity contribution >= 4 is 40.6 Å².